The molecule has 1 fully saturated rings. The Bertz CT molecular complexity index is 1500. The topological polar surface area (TPSA) is 150 Å². The van der Waals surface area contributed by atoms with E-state index in [0.29, 0.717) is 10.5 Å². The van der Waals surface area contributed by atoms with E-state index in [9.17, 15) is 18.0 Å². The average molecular weight is 505 g/mol. The van der Waals surface area contributed by atoms with E-state index in [-0.39, 0.29) is 18.2 Å². The van der Waals surface area contributed by atoms with E-state index in [2.05, 4.69) is 25.6 Å². The van der Waals surface area contributed by atoms with Gasteiger partial charge in [-0.1, -0.05) is 17.8 Å². The molecule has 3 aromatic heterocycles. The summed E-state index contributed by atoms with van der Waals surface area (Å²) in [6.07, 6.45) is 4.73. The summed E-state index contributed by atoms with van der Waals surface area (Å²) in [4.78, 5) is 27.7. The van der Waals surface area contributed by atoms with Crippen molar-refractivity contribution in [2.24, 2.45) is 7.05 Å². The molecule has 1 N–H and O–H groups in total. The van der Waals surface area contributed by atoms with Crippen molar-refractivity contribution < 1.29 is 22.4 Å². The predicted octanol–water partition coefficient (Wildman–Crippen LogP) is 2.11. The lowest BCUT2D eigenvalue weighted by atomic mass is 10.1. The van der Waals surface area contributed by atoms with Gasteiger partial charge in [0.05, 0.1) is 16.4 Å². The van der Waals surface area contributed by atoms with Crippen LogP contribution in [0.15, 0.2) is 35.0 Å². The van der Waals surface area contributed by atoms with E-state index in [1.807, 2.05) is 31.4 Å². The number of amides is 2. The van der Waals surface area contributed by atoms with Gasteiger partial charge in [0.1, 0.15) is 10.3 Å². The maximum atomic E-state index is 12.7. The second kappa shape index (κ2) is 8.04. The van der Waals surface area contributed by atoms with Gasteiger partial charge in [0.2, 0.25) is 17.7 Å². The highest BCUT2D eigenvalue weighted by atomic mass is 32.2. The molecule has 33 heavy (non-hydrogen) atoms. The fraction of sp³-hybridized carbons (Fsp3) is 0.263. The number of nitrogens with one attached hydrogen (secondary N) is 1. The van der Waals surface area contributed by atoms with E-state index in [1.54, 1.807) is 10.9 Å². The van der Waals surface area contributed by atoms with Crippen LogP contribution in [0.4, 0.5) is 4.79 Å². The van der Waals surface area contributed by atoms with Crippen LogP contribution >= 0.6 is 23.1 Å². The first-order valence-corrected chi connectivity index (χ1v) is 13.2. The molecule has 2 amide bonds. The third-order valence-corrected chi connectivity index (χ3v) is 8.42. The van der Waals surface area contributed by atoms with Crippen LogP contribution in [-0.2, 0) is 28.1 Å². The molecule has 2 atom stereocenters. The van der Waals surface area contributed by atoms with Gasteiger partial charge >= 0.3 is 0 Å². The summed E-state index contributed by atoms with van der Waals surface area (Å²) >= 11 is 2.06. The summed E-state index contributed by atoms with van der Waals surface area (Å²) in [5, 5.41) is 12.1. The zero-order valence-electron chi connectivity index (χ0n) is 17.3. The number of carbonyl (C=O) groups excluding carboxylic acids is 2. The molecule has 1 aliphatic rings. The number of carbonyl (C=O) groups is 2. The Balaban J connectivity index is 1.48. The quantitative estimate of drug-likeness (QED) is 0.413. The maximum absolute atomic E-state index is 12.7. The Hall–Kier alpha value is -3.10. The van der Waals surface area contributed by atoms with Crippen molar-refractivity contribution in [3.63, 3.8) is 0 Å². The molecule has 0 bridgehead atoms. The number of rotatable bonds is 6. The van der Waals surface area contributed by atoms with Crippen LogP contribution < -0.4 is 5.32 Å². The lowest BCUT2D eigenvalue weighted by molar-refractivity contribution is -0.119. The molecule has 2 unspecified atom stereocenters. The van der Waals surface area contributed by atoms with Gasteiger partial charge in [0, 0.05) is 31.5 Å². The number of imide groups is 1. The van der Waals surface area contributed by atoms with Crippen molar-refractivity contribution in [2.45, 2.75) is 16.9 Å². The van der Waals surface area contributed by atoms with E-state index in [0.717, 1.165) is 33.8 Å². The number of fused-ring (bicyclic) bond motifs is 1. The van der Waals surface area contributed by atoms with Gasteiger partial charge in [-0.25, -0.2) is 13.4 Å². The molecule has 0 spiro atoms. The number of nitrogens with zero attached hydrogens (tertiary/aromatic N) is 5. The summed E-state index contributed by atoms with van der Waals surface area (Å²) < 4.78 is 33.4. The zero-order valence-corrected chi connectivity index (χ0v) is 19.7. The number of hydrogen-bond donors (Lipinski definition) is 1. The molecular weight excluding hydrogens is 488 g/mol. The van der Waals surface area contributed by atoms with E-state index >= 15 is 0 Å². The summed E-state index contributed by atoms with van der Waals surface area (Å²) in [6.45, 7) is 0. The van der Waals surface area contributed by atoms with Gasteiger partial charge in [-0.15, -0.1) is 21.5 Å². The third-order valence-electron chi connectivity index (χ3n) is 4.93. The number of thioether (sulfide) groups is 1. The smallest absolute Gasteiger partial charge is 0.286 e. The molecule has 4 aromatic rings. The lowest BCUT2D eigenvalue weighted by Gasteiger charge is -2.07. The number of benzene rings is 1. The number of hydrogen-bond acceptors (Lipinski definition) is 11. The minimum Gasteiger partial charge on any atom is -0.423 e. The number of sulfone groups is 1. The highest BCUT2D eigenvalue weighted by Gasteiger charge is 2.36. The monoisotopic (exact) mass is 504 g/mol. The molecule has 5 rings (SSSR count). The zero-order chi connectivity index (χ0) is 23.3. The van der Waals surface area contributed by atoms with Gasteiger partial charge < -0.3 is 4.42 Å². The lowest BCUT2D eigenvalue weighted by Crippen LogP contribution is -2.25. The molecule has 0 saturated carbocycles. The Labute approximate surface area is 195 Å². The van der Waals surface area contributed by atoms with Crippen molar-refractivity contribution in [2.75, 3.05) is 6.26 Å². The Morgan fingerprint density at radius 2 is 2.06 bits per heavy atom. The SMILES string of the molecule is Cn1cc(-c2ccc3nc(C(c4nnc(CC5SC(=O)NC5=O)o4)S(C)(=O)=O)sc3c2)cn1. The number of thiazole rings is 1. The largest absolute Gasteiger partial charge is 0.423 e. The minimum atomic E-state index is -3.71. The number of aryl methyl sites for hydroxylation is 1. The number of aromatic nitrogens is 5. The Kier molecular flexibility index (Phi) is 5.29. The van der Waals surface area contributed by atoms with Crippen molar-refractivity contribution in [3.05, 3.63) is 47.4 Å². The van der Waals surface area contributed by atoms with Crippen molar-refractivity contribution in [1.82, 2.24) is 30.3 Å². The molecule has 0 aliphatic carbocycles. The summed E-state index contributed by atoms with van der Waals surface area (Å²) in [5.74, 6) is -0.505. The van der Waals surface area contributed by atoms with Crippen LogP contribution in [-0.4, -0.2) is 56.0 Å². The van der Waals surface area contributed by atoms with Crippen molar-refractivity contribution in [1.29, 1.82) is 0 Å². The standard InChI is InChI=1S/C19H16N6O5S3/c1-25-8-10(7-20-25)9-3-4-11-12(5-9)31-18(21-11)15(33(2,28)29)17-24-23-14(30-17)6-13-16(26)22-19(27)32-13/h3-5,7-8,13,15H,6H2,1-2H3,(H,22,26,27). The predicted molar refractivity (Wildman–Crippen MR) is 121 cm³/mol. The molecule has 1 aliphatic heterocycles. The highest BCUT2D eigenvalue weighted by Crippen LogP contribution is 2.36. The second-order valence-corrected chi connectivity index (χ2v) is 11.8. The third kappa shape index (κ3) is 4.28. The summed E-state index contributed by atoms with van der Waals surface area (Å²) in [5.41, 5.74) is 2.51. The van der Waals surface area contributed by atoms with Gasteiger partial charge in [-0.2, -0.15) is 5.10 Å². The average Bonchev–Trinajstić information content (AvgIpc) is 3.50. The van der Waals surface area contributed by atoms with Gasteiger partial charge in [-0.3, -0.25) is 19.6 Å². The van der Waals surface area contributed by atoms with Crippen LogP contribution in [0.1, 0.15) is 22.0 Å². The molecule has 14 heteroatoms. The minimum absolute atomic E-state index is 0.0139. The molecule has 11 nitrogen and oxygen atoms in total. The second-order valence-electron chi connectivity index (χ2n) is 7.47. The summed E-state index contributed by atoms with van der Waals surface area (Å²) in [7, 11) is -1.88. The van der Waals surface area contributed by atoms with E-state index in [1.165, 1.54) is 11.3 Å². The first kappa shape index (κ1) is 21.7. The molecular formula is C19H16N6O5S3. The molecule has 1 aromatic carbocycles. The van der Waals surface area contributed by atoms with E-state index < -0.39 is 31.5 Å². The first-order valence-electron chi connectivity index (χ1n) is 9.59. The maximum Gasteiger partial charge on any atom is 0.286 e. The van der Waals surface area contributed by atoms with Crippen LogP contribution in [0.2, 0.25) is 0 Å². The molecule has 170 valence electrons. The van der Waals surface area contributed by atoms with Crippen LogP contribution in [0.25, 0.3) is 21.3 Å². The van der Waals surface area contributed by atoms with Crippen LogP contribution in [0, 0.1) is 0 Å². The molecule has 1 saturated heterocycles. The van der Waals surface area contributed by atoms with E-state index in [4.69, 9.17) is 4.42 Å². The fourth-order valence-corrected chi connectivity index (χ4v) is 6.76. The van der Waals surface area contributed by atoms with Gasteiger partial charge in [0.15, 0.2) is 15.1 Å². The first-order chi connectivity index (χ1) is 15.7. The van der Waals surface area contributed by atoms with Crippen molar-refractivity contribution in [3.8, 4) is 11.1 Å². The summed E-state index contributed by atoms with van der Waals surface area (Å²) in [6, 6.07) is 5.65. The van der Waals surface area contributed by atoms with Gasteiger partial charge in [-0.05, 0) is 17.7 Å². The van der Waals surface area contributed by atoms with Crippen molar-refractivity contribution >= 4 is 54.3 Å². The van der Waals surface area contributed by atoms with Crippen LogP contribution in [0.3, 0.4) is 0 Å². The molecule has 0 radical (unpaired) electrons. The fourth-order valence-electron chi connectivity index (χ4n) is 3.42. The van der Waals surface area contributed by atoms with Crippen LogP contribution in [0.5, 0.6) is 0 Å². The normalized spacial score (nSPS) is 17.6. The Morgan fingerprint density at radius 3 is 2.73 bits per heavy atom. The highest BCUT2D eigenvalue weighted by molar-refractivity contribution is 8.15. The van der Waals surface area contributed by atoms with Gasteiger partial charge in [0.25, 0.3) is 5.24 Å². The molecule has 4 heterocycles. The Morgan fingerprint density at radius 1 is 1.24 bits per heavy atom.